The highest BCUT2D eigenvalue weighted by Gasteiger charge is 2.56. The lowest BCUT2D eigenvalue weighted by molar-refractivity contribution is -0.190. The van der Waals surface area contributed by atoms with Crippen LogP contribution in [0.3, 0.4) is 0 Å². The van der Waals surface area contributed by atoms with Gasteiger partial charge in [0.05, 0.1) is 12.0 Å². The van der Waals surface area contributed by atoms with Crippen molar-refractivity contribution < 1.29 is 19.4 Å². The fourth-order valence-electron chi connectivity index (χ4n) is 6.45. The highest BCUT2D eigenvalue weighted by Crippen LogP contribution is 2.46. The Labute approximate surface area is 210 Å². The summed E-state index contributed by atoms with van der Waals surface area (Å²) in [6.45, 7) is 0.441. The first-order valence-corrected chi connectivity index (χ1v) is 12.7. The van der Waals surface area contributed by atoms with Crippen LogP contribution in [0.15, 0.2) is 54.7 Å². The number of halogens is 1. The molecule has 1 aliphatic heterocycles. The molecule has 3 unspecified atom stereocenters. The van der Waals surface area contributed by atoms with Crippen LogP contribution >= 0.6 is 11.6 Å². The first-order valence-electron chi connectivity index (χ1n) is 12.3. The molecule has 184 valence electrons. The zero-order valence-corrected chi connectivity index (χ0v) is 20.6. The molecule has 2 N–H and O–H groups in total. The quantitative estimate of drug-likeness (QED) is 0.467. The number of hydrogen-bond acceptors (Lipinski definition) is 3. The minimum atomic E-state index is -0.828. The minimum Gasteiger partial charge on any atom is -0.481 e. The summed E-state index contributed by atoms with van der Waals surface area (Å²) in [4.78, 5) is 31.3. The number of aliphatic carboxylic acids is 1. The van der Waals surface area contributed by atoms with Crippen molar-refractivity contribution in [2.75, 3.05) is 13.7 Å². The topological polar surface area (TPSA) is 82.6 Å². The van der Waals surface area contributed by atoms with E-state index in [0.29, 0.717) is 30.8 Å². The first-order chi connectivity index (χ1) is 16.9. The molecule has 1 saturated carbocycles. The second kappa shape index (κ2) is 9.67. The van der Waals surface area contributed by atoms with E-state index in [2.05, 4.69) is 17.1 Å². The van der Waals surface area contributed by atoms with Crippen molar-refractivity contribution in [2.24, 2.45) is 5.92 Å². The van der Waals surface area contributed by atoms with Crippen LogP contribution < -0.4 is 0 Å². The van der Waals surface area contributed by atoms with Crippen LogP contribution in [0.25, 0.3) is 10.9 Å². The number of benzene rings is 2. The van der Waals surface area contributed by atoms with Gasteiger partial charge in [-0.3, -0.25) is 9.59 Å². The number of hydrogen-bond donors (Lipinski definition) is 2. The average molecular weight is 495 g/mol. The smallest absolute Gasteiger partial charge is 0.309 e. The zero-order chi connectivity index (χ0) is 24.6. The summed E-state index contributed by atoms with van der Waals surface area (Å²) in [7, 11) is 1.60. The molecular weight excluding hydrogens is 464 g/mol. The van der Waals surface area contributed by atoms with Crippen LogP contribution in [-0.2, 0) is 14.3 Å². The summed E-state index contributed by atoms with van der Waals surface area (Å²) in [6.07, 6.45) is 6.01. The number of carbonyl (C=O) groups is 2. The van der Waals surface area contributed by atoms with Gasteiger partial charge in [-0.1, -0.05) is 60.8 Å². The van der Waals surface area contributed by atoms with E-state index in [0.717, 1.165) is 41.3 Å². The van der Waals surface area contributed by atoms with Crippen molar-refractivity contribution in [3.63, 3.8) is 0 Å². The van der Waals surface area contributed by atoms with Crippen molar-refractivity contribution >= 4 is 34.4 Å². The van der Waals surface area contributed by atoms with Gasteiger partial charge in [-0.2, -0.15) is 0 Å². The number of carboxylic acids is 1. The molecule has 0 bridgehead atoms. The Hall–Kier alpha value is -2.83. The summed E-state index contributed by atoms with van der Waals surface area (Å²) in [5.41, 5.74) is 2.24. The van der Waals surface area contributed by atoms with E-state index in [4.69, 9.17) is 16.3 Å². The molecule has 0 spiro atoms. The average Bonchev–Trinajstić information content (AvgIpc) is 3.29. The van der Waals surface area contributed by atoms with Gasteiger partial charge in [0.2, 0.25) is 5.91 Å². The van der Waals surface area contributed by atoms with Crippen molar-refractivity contribution in [1.82, 2.24) is 9.88 Å². The van der Waals surface area contributed by atoms with Crippen LogP contribution in [0.2, 0.25) is 5.02 Å². The van der Waals surface area contributed by atoms with Crippen molar-refractivity contribution in [3.8, 4) is 0 Å². The lowest BCUT2D eigenvalue weighted by Gasteiger charge is -2.54. The molecule has 35 heavy (non-hydrogen) atoms. The number of nitrogens with one attached hydrogen (secondary N) is 1. The zero-order valence-electron chi connectivity index (χ0n) is 19.9. The summed E-state index contributed by atoms with van der Waals surface area (Å²) in [5.74, 6) is -1.52. The highest BCUT2D eigenvalue weighted by atomic mass is 35.5. The summed E-state index contributed by atoms with van der Waals surface area (Å²) < 4.78 is 5.98. The Morgan fingerprint density at radius 1 is 1.20 bits per heavy atom. The Balaban J connectivity index is 1.49. The van der Waals surface area contributed by atoms with Gasteiger partial charge in [0.15, 0.2) is 0 Å². The number of carboxylic acid groups (broad SMARTS) is 1. The van der Waals surface area contributed by atoms with Crippen molar-refractivity contribution in [3.05, 3.63) is 70.9 Å². The van der Waals surface area contributed by atoms with Gasteiger partial charge in [-0.25, -0.2) is 0 Å². The molecule has 4 atom stereocenters. The van der Waals surface area contributed by atoms with Crippen LogP contribution in [0.1, 0.15) is 55.6 Å². The molecule has 5 rings (SSSR count). The summed E-state index contributed by atoms with van der Waals surface area (Å²) in [5, 5.41) is 11.6. The maximum Gasteiger partial charge on any atom is 0.309 e. The molecule has 6 nitrogen and oxygen atoms in total. The summed E-state index contributed by atoms with van der Waals surface area (Å²) >= 11 is 6.20. The predicted octanol–water partition coefficient (Wildman–Crippen LogP) is 5.60. The monoisotopic (exact) mass is 494 g/mol. The number of fused-ring (bicyclic) bond motifs is 2. The van der Waals surface area contributed by atoms with E-state index in [1.165, 1.54) is 0 Å². The Morgan fingerprint density at radius 2 is 2.00 bits per heavy atom. The number of nitrogens with zero attached hydrogens (tertiary/aromatic N) is 1. The van der Waals surface area contributed by atoms with Gasteiger partial charge in [0.1, 0.15) is 5.60 Å². The largest absolute Gasteiger partial charge is 0.481 e. The second-order valence-electron chi connectivity index (χ2n) is 9.79. The number of amides is 1. The fourth-order valence-corrected chi connectivity index (χ4v) is 6.62. The van der Waals surface area contributed by atoms with E-state index in [9.17, 15) is 14.7 Å². The SMILES string of the molecule is COC12CCCCC1N(C(=O)CC(c1ccccc1)c1c[nH]c3cc(Cl)ccc13)CC[C@H]2C(=O)O. The fraction of sp³-hybridized carbons (Fsp3) is 0.429. The van der Waals surface area contributed by atoms with E-state index < -0.39 is 17.5 Å². The van der Waals surface area contributed by atoms with Crippen molar-refractivity contribution in [2.45, 2.75) is 56.1 Å². The van der Waals surface area contributed by atoms with Gasteiger partial charge in [0.25, 0.3) is 0 Å². The molecule has 2 aromatic carbocycles. The molecule has 1 aliphatic carbocycles. The number of aromatic amines is 1. The first kappa shape index (κ1) is 23.9. The van der Waals surface area contributed by atoms with E-state index in [1.54, 1.807) is 7.11 Å². The number of likely N-dealkylation sites (tertiary alicyclic amines) is 1. The van der Waals surface area contributed by atoms with Crippen LogP contribution in [0, 0.1) is 5.92 Å². The number of carbonyl (C=O) groups excluding carboxylic acids is 1. The maximum absolute atomic E-state index is 13.9. The number of rotatable bonds is 6. The van der Waals surface area contributed by atoms with Crippen LogP contribution in [0.4, 0.5) is 0 Å². The molecule has 2 aliphatic rings. The predicted molar refractivity (Wildman–Crippen MR) is 136 cm³/mol. The number of aromatic nitrogens is 1. The lowest BCUT2D eigenvalue weighted by atomic mass is 9.67. The normalized spacial score (nSPS) is 25.3. The number of methoxy groups -OCH3 is 1. The van der Waals surface area contributed by atoms with Gasteiger partial charge < -0.3 is 19.7 Å². The number of H-pyrrole nitrogens is 1. The Kier molecular flexibility index (Phi) is 6.60. The third-order valence-electron chi connectivity index (χ3n) is 8.11. The standard InChI is InChI=1S/C28H31ClN2O4/c1-35-28-13-6-5-9-25(28)31(14-12-23(28)27(33)34)26(32)16-21(18-7-3-2-4-8-18)22-17-30-24-15-19(29)10-11-20(22)24/h2-4,7-8,10-11,15,17,21,23,25,30H,5-6,9,12-14,16H2,1H3,(H,33,34)/t21?,23-,25?,28?/m0/s1. The minimum absolute atomic E-state index is 0.0410. The number of piperidine rings is 1. The molecule has 1 aromatic heterocycles. The molecule has 1 saturated heterocycles. The molecular formula is C28H31ClN2O4. The van der Waals surface area contributed by atoms with E-state index in [-0.39, 0.29) is 17.9 Å². The van der Waals surface area contributed by atoms with Gasteiger partial charge in [0, 0.05) is 48.1 Å². The Morgan fingerprint density at radius 3 is 2.74 bits per heavy atom. The summed E-state index contributed by atoms with van der Waals surface area (Å²) in [6, 6.07) is 15.6. The Bertz CT molecular complexity index is 1230. The van der Waals surface area contributed by atoms with Gasteiger partial charge in [-0.15, -0.1) is 0 Å². The highest BCUT2D eigenvalue weighted by molar-refractivity contribution is 6.31. The van der Waals surface area contributed by atoms with Crippen LogP contribution in [0.5, 0.6) is 0 Å². The van der Waals surface area contributed by atoms with E-state index in [1.807, 2.05) is 47.5 Å². The van der Waals surface area contributed by atoms with Crippen LogP contribution in [-0.4, -0.2) is 52.2 Å². The maximum atomic E-state index is 13.9. The molecule has 7 heteroatoms. The van der Waals surface area contributed by atoms with Crippen molar-refractivity contribution in [1.29, 1.82) is 0 Å². The lowest BCUT2D eigenvalue weighted by Crippen LogP contribution is -2.66. The molecule has 0 radical (unpaired) electrons. The van der Waals surface area contributed by atoms with Gasteiger partial charge >= 0.3 is 5.97 Å². The number of ether oxygens (including phenoxy) is 1. The molecule has 2 fully saturated rings. The van der Waals surface area contributed by atoms with E-state index >= 15 is 0 Å². The second-order valence-corrected chi connectivity index (χ2v) is 10.2. The third-order valence-corrected chi connectivity index (χ3v) is 8.35. The molecule has 3 aromatic rings. The third kappa shape index (κ3) is 4.23. The molecule has 1 amide bonds. The van der Waals surface area contributed by atoms with Gasteiger partial charge in [-0.05, 0) is 42.5 Å². The molecule has 2 heterocycles.